The molecule has 0 radical (unpaired) electrons. The summed E-state index contributed by atoms with van der Waals surface area (Å²) in [5.41, 5.74) is 9.15. The number of rotatable bonds is 5. The Kier molecular flexibility index (Phi) is 5.20. The Hall–Kier alpha value is -3.73. The molecule has 0 saturated carbocycles. The first-order valence-electron chi connectivity index (χ1n) is 9.50. The average Bonchev–Trinajstić information content (AvgIpc) is 2.74. The number of nitrogens with one attached hydrogen (secondary N) is 1. The van der Waals surface area contributed by atoms with Crippen LogP contribution >= 0.6 is 0 Å². The first kappa shape index (κ1) is 18.6. The molecule has 1 N–H and O–H groups in total. The van der Waals surface area contributed by atoms with Crippen LogP contribution in [0.15, 0.2) is 77.9 Å². The second-order valence-corrected chi connectivity index (χ2v) is 7.14. The van der Waals surface area contributed by atoms with Crippen LogP contribution < -0.4 is 10.3 Å². The molecule has 0 atom stereocenters. The zero-order valence-corrected chi connectivity index (χ0v) is 16.8. The summed E-state index contributed by atoms with van der Waals surface area (Å²) in [6.45, 7) is 2.08. The van der Waals surface area contributed by atoms with Crippen molar-refractivity contribution in [3.05, 3.63) is 83.9 Å². The first-order valence-corrected chi connectivity index (χ1v) is 9.50. The highest BCUT2D eigenvalue weighted by Gasteiger charge is 2.09. The number of nitrogens with zero attached hydrogens (tertiary/aromatic N) is 4. The third-order valence-corrected chi connectivity index (χ3v) is 4.69. The van der Waals surface area contributed by atoms with Crippen molar-refractivity contribution in [2.75, 3.05) is 24.4 Å². The number of aromatic nitrogens is 2. The summed E-state index contributed by atoms with van der Waals surface area (Å²) in [5.74, 6) is 0.473. The van der Waals surface area contributed by atoms with E-state index >= 15 is 0 Å². The van der Waals surface area contributed by atoms with Gasteiger partial charge in [-0.15, -0.1) is 0 Å². The first-order chi connectivity index (χ1) is 14.1. The second-order valence-electron chi connectivity index (χ2n) is 7.14. The largest absolute Gasteiger partial charge is 0.378 e. The number of anilines is 2. The van der Waals surface area contributed by atoms with Crippen molar-refractivity contribution in [1.29, 1.82) is 0 Å². The van der Waals surface area contributed by atoms with Crippen molar-refractivity contribution in [3.63, 3.8) is 0 Å². The number of fused-ring (bicyclic) bond motifs is 1. The van der Waals surface area contributed by atoms with Crippen molar-refractivity contribution < 1.29 is 0 Å². The van der Waals surface area contributed by atoms with E-state index in [4.69, 9.17) is 4.98 Å². The standard InChI is InChI=1S/C24H23N5/c1-17-9-14-22-21(15-17)23(19-7-5-4-6-8-19)27-24(26-22)28-25-16-18-10-12-20(13-11-18)29(2)3/h4-16H,1-3H3,(H,26,27,28)/b25-16-. The molecule has 0 spiro atoms. The number of hydrogen-bond acceptors (Lipinski definition) is 5. The summed E-state index contributed by atoms with van der Waals surface area (Å²) in [4.78, 5) is 11.4. The van der Waals surface area contributed by atoms with Crippen LogP contribution in [0.25, 0.3) is 22.2 Å². The van der Waals surface area contributed by atoms with Gasteiger partial charge in [-0.25, -0.2) is 15.4 Å². The molecule has 0 unspecified atom stereocenters. The number of hydrogen-bond donors (Lipinski definition) is 1. The molecule has 0 aliphatic heterocycles. The lowest BCUT2D eigenvalue weighted by Gasteiger charge is -2.11. The molecule has 3 aromatic carbocycles. The van der Waals surface area contributed by atoms with Crippen LogP contribution in [0.4, 0.5) is 11.6 Å². The minimum atomic E-state index is 0.473. The number of hydrazone groups is 1. The molecule has 0 amide bonds. The highest BCUT2D eigenvalue weighted by molar-refractivity contribution is 5.93. The molecule has 0 aliphatic rings. The summed E-state index contributed by atoms with van der Waals surface area (Å²) in [7, 11) is 4.04. The van der Waals surface area contributed by atoms with Gasteiger partial charge in [0.15, 0.2) is 0 Å². The Balaban J connectivity index is 1.65. The molecule has 5 heteroatoms. The van der Waals surface area contributed by atoms with Gasteiger partial charge in [-0.3, -0.25) is 0 Å². The monoisotopic (exact) mass is 381 g/mol. The number of benzene rings is 3. The van der Waals surface area contributed by atoms with Crippen molar-refractivity contribution in [3.8, 4) is 11.3 Å². The number of aryl methyl sites for hydroxylation is 1. The molecule has 5 nitrogen and oxygen atoms in total. The lowest BCUT2D eigenvalue weighted by atomic mass is 10.0. The Morgan fingerprint density at radius 1 is 0.897 bits per heavy atom. The van der Waals surface area contributed by atoms with Gasteiger partial charge in [0.05, 0.1) is 17.4 Å². The van der Waals surface area contributed by atoms with Crippen LogP contribution in [0.3, 0.4) is 0 Å². The van der Waals surface area contributed by atoms with E-state index in [1.165, 1.54) is 5.56 Å². The highest BCUT2D eigenvalue weighted by atomic mass is 15.3. The predicted octanol–water partition coefficient (Wildman–Crippen LogP) is 5.12. The van der Waals surface area contributed by atoms with Gasteiger partial charge >= 0.3 is 0 Å². The summed E-state index contributed by atoms with van der Waals surface area (Å²) in [6, 6.07) is 24.5. The van der Waals surface area contributed by atoms with E-state index in [9.17, 15) is 0 Å². The van der Waals surface area contributed by atoms with E-state index in [-0.39, 0.29) is 0 Å². The highest BCUT2D eigenvalue weighted by Crippen LogP contribution is 2.28. The third kappa shape index (κ3) is 4.24. The summed E-state index contributed by atoms with van der Waals surface area (Å²) in [5, 5.41) is 5.36. The van der Waals surface area contributed by atoms with E-state index in [1.54, 1.807) is 6.21 Å². The molecule has 144 valence electrons. The maximum absolute atomic E-state index is 4.74. The fourth-order valence-electron chi connectivity index (χ4n) is 3.13. The minimum absolute atomic E-state index is 0.473. The maximum Gasteiger partial charge on any atom is 0.244 e. The summed E-state index contributed by atoms with van der Waals surface area (Å²) >= 11 is 0. The van der Waals surface area contributed by atoms with Gasteiger partial charge in [0.1, 0.15) is 0 Å². The Bertz CT molecular complexity index is 1150. The molecule has 0 bridgehead atoms. The van der Waals surface area contributed by atoms with Crippen molar-refractivity contribution >= 4 is 28.8 Å². The molecule has 4 aromatic rings. The molecule has 4 rings (SSSR count). The van der Waals surface area contributed by atoms with Gasteiger partial charge in [0, 0.05) is 30.7 Å². The molecular weight excluding hydrogens is 358 g/mol. The van der Waals surface area contributed by atoms with E-state index in [0.717, 1.165) is 33.4 Å². The summed E-state index contributed by atoms with van der Waals surface area (Å²) < 4.78 is 0. The predicted molar refractivity (Wildman–Crippen MR) is 122 cm³/mol. The van der Waals surface area contributed by atoms with Crippen LogP contribution in [0.1, 0.15) is 11.1 Å². The van der Waals surface area contributed by atoms with Crippen molar-refractivity contribution in [2.45, 2.75) is 6.92 Å². The van der Waals surface area contributed by atoms with Gasteiger partial charge in [-0.2, -0.15) is 5.10 Å². The van der Waals surface area contributed by atoms with Crippen LogP contribution in [0, 0.1) is 6.92 Å². The van der Waals surface area contributed by atoms with E-state index in [0.29, 0.717) is 5.95 Å². The maximum atomic E-state index is 4.74. The smallest absolute Gasteiger partial charge is 0.244 e. The quantitative estimate of drug-likeness (QED) is 0.385. The van der Waals surface area contributed by atoms with E-state index in [1.807, 2.05) is 50.5 Å². The van der Waals surface area contributed by atoms with Crippen LogP contribution in [0.2, 0.25) is 0 Å². The average molecular weight is 381 g/mol. The van der Waals surface area contributed by atoms with Gasteiger partial charge < -0.3 is 4.90 Å². The zero-order valence-electron chi connectivity index (χ0n) is 16.8. The fourth-order valence-corrected chi connectivity index (χ4v) is 3.13. The van der Waals surface area contributed by atoms with Crippen LogP contribution in [-0.2, 0) is 0 Å². The van der Waals surface area contributed by atoms with Crippen molar-refractivity contribution in [2.24, 2.45) is 5.10 Å². The van der Waals surface area contributed by atoms with E-state index < -0.39 is 0 Å². The van der Waals surface area contributed by atoms with Crippen LogP contribution in [-0.4, -0.2) is 30.3 Å². The normalized spacial score (nSPS) is 11.1. The Morgan fingerprint density at radius 3 is 2.38 bits per heavy atom. The summed E-state index contributed by atoms with van der Waals surface area (Å²) in [6.07, 6.45) is 1.77. The molecule has 0 fully saturated rings. The lowest BCUT2D eigenvalue weighted by molar-refractivity contribution is 1.13. The molecule has 0 saturated heterocycles. The molecular formula is C24H23N5. The minimum Gasteiger partial charge on any atom is -0.378 e. The molecule has 1 aromatic heterocycles. The van der Waals surface area contributed by atoms with Gasteiger partial charge in [0.2, 0.25) is 5.95 Å². The van der Waals surface area contributed by atoms with E-state index in [2.05, 4.69) is 63.7 Å². The second kappa shape index (κ2) is 8.10. The zero-order chi connectivity index (χ0) is 20.2. The topological polar surface area (TPSA) is 53.4 Å². The van der Waals surface area contributed by atoms with Gasteiger partial charge in [-0.05, 0) is 36.8 Å². The van der Waals surface area contributed by atoms with Crippen LogP contribution in [0.5, 0.6) is 0 Å². The SMILES string of the molecule is Cc1ccc2nc(N/N=C\c3ccc(N(C)C)cc3)nc(-c3ccccc3)c2c1. The lowest BCUT2D eigenvalue weighted by Crippen LogP contribution is -2.08. The molecule has 29 heavy (non-hydrogen) atoms. The Labute approximate surface area is 170 Å². The fraction of sp³-hybridized carbons (Fsp3) is 0.125. The van der Waals surface area contributed by atoms with Gasteiger partial charge in [-0.1, -0.05) is 54.1 Å². The van der Waals surface area contributed by atoms with Crippen molar-refractivity contribution in [1.82, 2.24) is 9.97 Å². The molecule has 1 heterocycles. The third-order valence-electron chi connectivity index (χ3n) is 4.69. The molecule has 0 aliphatic carbocycles. The Morgan fingerprint density at radius 2 is 1.66 bits per heavy atom. The van der Waals surface area contributed by atoms with Gasteiger partial charge in [0.25, 0.3) is 0 Å².